The third-order valence-corrected chi connectivity index (χ3v) is 11.7. The lowest BCUT2D eigenvalue weighted by Gasteiger charge is -2.28. The fourth-order valence-electron chi connectivity index (χ4n) is 9.05. The Morgan fingerprint density at radius 1 is 0.490 bits per heavy atom. The van der Waals surface area contributed by atoms with E-state index < -0.39 is 0 Å². The average molecular weight is 651 g/mol. The molecule has 1 unspecified atom stereocenters. The second-order valence-corrected chi connectivity index (χ2v) is 14.8. The lowest BCUT2D eigenvalue weighted by atomic mass is 9.81. The van der Waals surface area contributed by atoms with Gasteiger partial charge >= 0.3 is 0 Å². The molecule has 2 heteroatoms. The normalized spacial score (nSPS) is 16.4. The summed E-state index contributed by atoms with van der Waals surface area (Å²) < 4.78 is 0. The summed E-state index contributed by atoms with van der Waals surface area (Å²) in [4.78, 5) is 5.43. The molecule has 9 aromatic rings. The summed E-state index contributed by atoms with van der Waals surface area (Å²) in [6, 6.07) is 53.6. The van der Waals surface area contributed by atoms with Crippen molar-refractivity contribution >= 4 is 70.3 Å². The molecular weight excluding hydrogens is 617 g/mol. The monoisotopic (exact) mass is 650 g/mol. The van der Waals surface area contributed by atoms with Gasteiger partial charge in [-0.25, -0.2) is 4.98 Å². The molecular formula is C49H34N2. The smallest absolute Gasteiger partial charge is 0.0914 e. The number of allylic oxidation sites excluding steroid dienone is 2. The van der Waals surface area contributed by atoms with E-state index in [0.29, 0.717) is 0 Å². The molecule has 1 aliphatic heterocycles. The molecule has 0 bridgehead atoms. The van der Waals surface area contributed by atoms with Crippen LogP contribution in [0.1, 0.15) is 36.7 Å². The highest BCUT2D eigenvalue weighted by Gasteiger charge is 2.44. The van der Waals surface area contributed by atoms with Crippen molar-refractivity contribution in [2.75, 3.05) is 0 Å². The van der Waals surface area contributed by atoms with Gasteiger partial charge in [0.1, 0.15) is 0 Å². The molecule has 0 spiro atoms. The van der Waals surface area contributed by atoms with Crippen LogP contribution in [0, 0.1) is 0 Å². The summed E-state index contributed by atoms with van der Waals surface area (Å²) in [6.07, 6.45) is 4.59. The molecule has 51 heavy (non-hydrogen) atoms. The quantitative estimate of drug-likeness (QED) is 0.188. The topological polar surface area (TPSA) is 24.9 Å². The van der Waals surface area contributed by atoms with Crippen LogP contribution in [0.25, 0.3) is 81.6 Å². The van der Waals surface area contributed by atoms with Crippen LogP contribution in [0.5, 0.6) is 0 Å². The van der Waals surface area contributed by atoms with Crippen molar-refractivity contribution in [1.82, 2.24) is 10.3 Å². The average Bonchev–Trinajstić information content (AvgIpc) is 3.41. The minimum Gasteiger partial charge on any atom is -0.373 e. The van der Waals surface area contributed by atoms with E-state index in [2.05, 4.69) is 177 Å². The summed E-state index contributed by atoms with van der Waals surface area (Å²) in [6.45, 7) is 4.66. The van der Waals surface area contributed by atoms with E-state index in [0.717, 1.165) is 22.6 Å². The van der Waals surface area contributed by atoms with E-state index in [1.54, 1.807) is 0 Å². The van der Waals surface area contributed by atoms with E-state index in [9.17, 15) is 0 Å². The van der Waals surface area contributed by atoms with E-state index >= 15 is 0 Å². The van der Waals surface area contributed by atoms with Gasteiger partial charge in [-0.1, -0.05) is 147 Å². The zero-order valence-corrected chi connectivity index (χ0v) is 28.5. The number of rotatable bonds is 2. The van der Waals surface area contributed by atoms with Gasteiger partial charge in [-0.2, -0.15) is 0 Å². The molecule has 0 saturated carbocycles. The van der Waals surface area contributed by atoms with Gasteiger partial charge in [0.05, 0.1) is 17.4 Å². The van der Waals surface area contributed by atoms with Gasteiger partial charge in [-0.3, -0.25) is 0 Å². The molecule has 0 amide bonds. The maximum Gasteiger partial charge on any atom is 0.0914 e. The maximum atomic E-state index is 5.43. The zero-order chi connectivity index (χ0) is 33.8. The van der Waals surface area contributed by atoms with Crippen LogP contribution >= 0.6 is 0 Å². The number of benzene rings is 8. The van der Waals surface area contributed by atoms with Crippen molar-refractivity contribution in [3.8, 4) is 11.3 Å². The summed E-state index contributed by atoms with van der Waals surface area (Å²) in [5, 5.41) is 19.3. The largest absolute Gasteiger partial charge is 0.373 e. The first-order valence-corrected chi connectivity index (χ1v) is 17.9. The highest BCUT2D eigenvalue weighted by Crippen LogP contribution is 2.51. The Balaban J connectivity index is 0.982. The molecule has 1 aliphatic carbocycles. The second kappa shape index (κ2) is 10.4. The molecule has 8 aromatic carbocycles. The number of aromatic nitrogens is 1. The Hall–Kier alpha value is -6.25. The summed E-state index contributed by atoms with van der Waals surface area (Å²) in [5.74, 6) is 0. The molecule has 2 nitrogen and oxygen atoms in total. The Morgan fingerprint density at radius 3 is 1.67 bits per heavy atom. The summed E-state index contributed by atoms with van der Waals surface area (Å²) >= 11 is 0. The SMILES string of the molecule is CC1(C)C2=CC=C(c3ccc4c(ccc5ccc6ccccc6c54)c3)NC2c2nc(-c3ccc4c(ccc5ccc6ccccc6c54)c3)ccc21. The van der Waals surface area contributed by atoms with Gasteiger partial charge in [0.25, 0.3) is 0 Å². The van der Waals surface area contributed by atoms with Crippen LogP contribution in [0.15, 0.2) is 163 Å². The van der Waals surface area contributed by atoms with Crippen molar-refractivity contribution in [3.05, 3.63) is 180 Å². The fraction of sp³-hybridized carbons (Fsp3) is 0.0816. The maximum absolute atomic E-state index is 5.43. The zero-order valence-electron chi connectivity index (χ0n) is 28.5. The van der Waals surface area contributed by atoms with Crippen LogP contribution in [0.3, 0.4) is 0 Å². The Morgan fingerprint density at radius 2 is 1.02 bits per heavy atom. The molecule has 1 aromatic heterocycles. The summed E-state index contributed by atoms with van der Waals surface area (Å²) in [5.41, 5.74) is 8.12. The molecule has 0 radical (unpaired) electrons. The van der Waals surface area contributed by atoms with Crippen LogP contribution < -0.4 is 5.32 Å². The van der Waals surface area contributed by atoms with Gasteiger partial charge in [-0.05, 0) is 106 Å². The van der Waals surface area contributed by atoms with Gasteiger partial charge in [-0.15, -0.1) is 0 Å². The van der Waals surface area contributed by atoms with Crippen molar-refractivity contribution in [2.24, 2.45) is 0 Å². The highest BCUT2D eigenvalue weighted by molar-refractivity contribution is 6.21. The third-order valence-electron chi connectivity index (χ3n) is 11.7. The first-order valence-electron chi connectivity index (χ1n) is 17.9. The fourth-order valence-corrected chi connectivity index (χ4v) is 9.05. The van der Waals surface area contributed by atoms with Gasteiger partial charge < -0.3 is 5.32 Å². The van der Waals surface area contributed by atoms with Gasteiger partial charge in [0, 0.05) is 16.7 Å². The van der Waals surface area contributed by atoms with Gasteiger partial charge in [0.15, 0.2) is 0 Å². The van der Waals surface area contributed by atoms with E-state index in [4.69, 9.17) is 4.98 Å². The molecule has 0 saturated heterocycles. The minimum absolute atomic E-state index is 0.0157. The number of fused-ring (bicyclic) bond motifs is 13. The van der Waals surface area contributed by atoms with Gasteiger partial charge in [0.2, 0.25) is 0 Å². The van der Waals surface area contributed by atoms with Crippen molar-refractivity contribution in [1.29, 1.82) is 0 Å². The number of nitrogens with zero attached hydrogens (tertiary/aromatic N) is 1. The Kier molecular flexibility index (Phi) is 5.82. The van der Waals surface area contributed by atoms with Crippen LogP contribution in [-0.2, 0) is 5.41 Å². The second-order valence-electron chi connectivity index (χ2n) is 14.8. The molecule has 2 aliphatic rings. The van der Waals surface area contributed by atoms with Crippen LogP contribution in [0.4, 0.5) is 0 Å². The first-order chi connectivity index (χ1) is 25.0. The number of nitrogens with one attached hydrogen (secondary N) is 1. The molecule has 0 fully saturated rings. The van der Waals surface area contributed by atoms with E-state index in [1.807, 2.05) is 0 Å². The number of pyridine rings is 1. The third kappa shape index (κ3) is 4.14. The molecule has 1 atom stereocenters. The van der Waals surface area contributed by atoms with E-state index in [1.165, 1.54) is 81.3 Å². The Labute approximate surface area is 296 Å². The highest BCUT2D eigenvalue weighted by atomic mass is 15.0. The van der Waals surface area contributed by atoms with Crippen LogP contribution in [-0.4, -0.2) is 4.98 Å². The number of dihydropyridines is 1. The lowest BCUT2D eigenvalue weighted by molar-refractivity contribution is 0.593. The molecule has 2 heterocycles. The minimum atomic E-state index is -0.118. The predicted molar refractivity (Wildman–Crippen MR) is 216 cm³/mol. The van der Waals surface area contributed by atoms with Crippen LogP contribution in [0.2, 0.25) is 0 Å². The summed E-state index contributed by atoms with van der Waals surface area (Å²) in [7, 11) is 0. The lowest BCUT2D eigenvalue weighted by Crippen LogP contribution is -2.26. The van der Waals surface area contributed by atoms with Crippen molar-refractivity contribution < 1.29 is 0 Å². The van der Waals surface area contributed by atoms with Crippen molar-refractivity contribution in [3.63, 3.8) is 0 Å². The molecule has 11 rings (SSSR count). The number of hydrogen-bond acceptors (Lipinski definition) is 2. The number of hydrogen-bond donors (Lipinski definition) is 1. The standard InChI is InChI=1S/C49H34N2/c1-49(2)41-23-25-43(35-19-21-39-33(27-35)17-15-31-13-11-29-7-3-5-9-37(29)45(31)39)50-47(41)48-42(49)24-26-44(51-48)36-20-22-40-34(28-36)18-16-32-14-12-30-8-4-6-10-38(30)46(32)40/h3-28,47,50H,1-2H3. The molecule has 1 N–H and O–H groups in total. The Bertz CT molecular complexity index is 3030. The van der Waals surface area contributed by atoms with Crippen molar-refractivity contribution in [2.45, 2.75) is 25.3 Å². The molecule has 240 valence electrons. The van der Waals surface area contributed by atoms with E-state index in [-0.39, 0.29) is 11.5 Å². The first kappa shape index (κ1) is 28.6. The predicted octanol–water partition coefficient (Wildman–Crippen LogP) is 12.6.